The van der Waals surface area contributed by atoms with Gasteiger partial charge in [0, 0.05) is 37.1 Å². The average Bonchev–Trinajstić information content (AvgIpc) is 2.90. The molecule has 0 unspecified atom stereocenters. The number of rotatable bonds is 6. The van der Waals surface area contributed by atoms with Crippen LogP contribution in [0, 0.1) is 0 Å². The van der Waals surface area contributed by atoms with E-state index in [9.17, 15) is 0 Å². The van der Waals surface area contributed by atoms with Crippen LogP contribution in [0.1, 0.15) is 11.4 Å². The highest BCUT2D eigenvalue weighted by molar-refractivity contribution is 7.09. The van der Waals surface area contributed by atoms with Gasteiger partial charge in [0.15, 0.2) is 0 Å². The Morgan fingerprint density at radius 2 is 2.38 bits per heavy atom. The van der Waals surface area contributed by atoms with Crippen LogP contribution in [0.5, 0.6) is 0 Å². The zero-order valence-electron chi connectivity index (χ0n) is 9.41. The molecule has 0 N–H and O–H groups in total. The largest absolute Gasteiger partial charge is 0.300 e. The van der Waals surface area contributed by atoms with E-state index >= 15 is 0 Å². The molecule has 86 valence electrons. The molecule has 0 fully saturated rings. The van der Waals surface area contributed by atoms with Gasteiger partial charge >= 0.3 is 0 Å². The van der Waals surface area contributed by atoms with Gasteiger partial charge in [-0.05, 0) is 19.5 Å². The summed E-state index contributed by atoms with van der Waals surface area (Å²) in [7, 11) is 2.13. The van der Waals surface area contributed by atoms with Gasteiger partial charge in [-0.3, -0.25) is 9.58 Å². The Morgan fingerprint density at radius 3 is 3.06 bits per heavy atom. The molecule has 0 saturated carbocycles. The first-order valence-electron chi connectivity index (χ1n) is 5.39. The highest BCUT2D eigenvalue weighted by atomic mass is 32.1. The fourth-order valence-corrected chi connectivity index (χ4v) is 2.27. The second-order valence-corrected chi connectivity index (χ2v) is 4.77. The van der Waals surface area contributed by atoms with Gasteiger partial charge < -0.3 is 0 Å². The summed E-state index contributed by atoms with van der Waals surface area (Å²) in [6.45, 7) is 2.99. The lowest BCUT2D eigenvalue weighted by atomic mass is 10.4. The van der Waals surface area contributed by atoms with Gasteiger partial charge in [0.1, 0.15) is 5.01 Å². The van der Waals surface area contributed by atoms with E-state index in [1.165, 1.54) is 5.01 Å². The van der Waals surface area contributed by atoms with Crippen LogP contribution in [0.4, 0.5) is 0 Å². The van der Waals surface area contributed by atoms with Crippen molar-refractivity contribution < 1.29 is 0 Å². The average molecular weight is 236 g/mol. The van der Waals surface area contributed by atoms with Gasteiger partial charge in [0.25, 0.3) is 0 Å². The topological polar surface area (TPSA) is 34.0 Å². The minimum absolute atomic E-state index is 0.941. The Kier molecular flexibility index (Phi) is 4.07. The van der Waals surface area contributed by atoms with E-state index in [-0.39, 0.29) is 0 Å². The van der Waals surface area contributed by atoms with Crippen LogP contribution in [0.25, 0.3) is 0 Å². The third-order valence-electron chi connectivity index (χ3n) is 2.37. The number of thiazole rings is 1. The third-order valence-corrected chi connectivity index (χ3v) is 3.14. The van der Waals surface area contributed by atoms with Crippen LogP contribution < -0.4 is 0 Å². The predicted molar refractivity (Wildman–Crippen MR) is 65.3 cm³/mol. The molecule has 0 aliphatic carbocycles. The number of hydrogen-bond donors (Lipinski definition) is 0. The Hall–Kier alpha value is -1.20. The van der Waals surface area contributed by atoms with Gasteiger partial charge in [-0.15, -0.1) is 11.3 Å². The van der Waals surface area contributed by atoms with E-state index in [2.05, 4.69) is 22.0 Å². The molecule has 5 heteroatoms. The molecule has 0 amide bonds. The van der Waals surface area contributed by atoms with E-state index in [0.29, 0.717) is 0 Å². The molecule has 0 aromatic carbocycles. The van der Waals surface area contributed by atoms with Gasteiger partial charge in [0.2, 0.25) is 0 Å². The quantitative estimate of drug-likeness (QED) is 0.767. The van der Waals surface area contributed by atoms with Crippen LogP contribution >= 0.6 is 11.3 Å². The van der Waals surface area contributed by atoms with Crippen molar-refractivity contribution in [2.45, 2.75) is 19.5 Å². The summed E-state index contributed by atoms with van der Waals surface area (Å²) in [5.74, 6) is 0. The zero-order valence-corrected chi connectivity index (χ0v) is 10.2. The normalized spacial score (nSPS) is 11.1. The lowest BCUT2D eigenvalue weighted by Gasteiger charge is -2.14. The number of hydrogen-bond acceptors (Lipinski definition) is 4. The molecule has 2 aromatic rings. The lowest BCUT2D eigenvalue weighted by molar-refractivity contribution is 0.311. The molecule has 0 aliphatic rings. The van der Waals surface area contributed by atoms with E-state index in [1.807, 2.05) is 34.7 Å². The van der Waals surface area contributed by atoms with Crippen LogP contribution in [0.2, 0.25) is 0 Å². The van der Waals surface area contributed by atoms with Crippen molar-refractivity contribution in [2.24, 2.45) is 0 Å². The van der Waals surface area contributed by atoms with Crippen LogP contribution in [-0.4, -0.2) is 33.3 Å². The number of aryl methyl sites for hydroxylation is 1. The predicted octanol–water partition coefficient (Wildman–Crippen LogP) is 1.86. The van der Waals surface area contributed by atoms with E-state index in [4.69, 9.17) is 0 Å². The van der Waals surface area contributed by atoms with Crippen molar-refractivity contribution in [3.05, 3.63) is 35.0 Å². The Bertz CT molecular complexity index is 382. The maximum atomic E-state index is 4.27. The van der Waals surface area contributed by atoms with Gasteiger partial charge in [0.05, 0.1) is 6.54 Å². The zero-order chi connectivity index (χ0) is 11.2. The number of nitrogens with zero attached hydrogens (tertiary/aromatic N) is 4. The second kappa shape index (κ2) is 5.77. The van der Waals surface area contributed by atoms with Gasteiger partial charge in [-0.2, -0.15) is 5.10 Å². The monoisotopic (exact) mass is 236 g/mol. The van der Waals surface area contributed by atoms with Gasteiger partial charge in [-0.25, -0.2) is 4.98 Å². The molecule has 16 heavy (non-hydrogen) atoms. The molecule has 0 atom stereocenters. The first kappa shape index (κ1) is 11.3. The van der Waals surface area contributed by atoms with Gasteiger partial charge in [-0.1, -0.05) is 0 Å². The Morgan fingerprint density at radius 1 is 1.44 bits per heavy atom. The van der Waals surface area contributed by atoms with Crippen LogP contribution in [-0.2, 0) is 13.1 Å². The molecule has 2 heterocycles. The van der Waals surface area contributed by atoms with Crippen molar-refractivity contribution in [1.29, 1.82) is 0 Å². The summed E-state index contributed by atoms with van der Waals surface area (Å²) in [6, 6.07) is 1.96. The first-order chi connectivity index (χ1) is 7.84. The molecule has 0 bridgehead atoms. The summed E-state index contributed by atoms with van der Waals surface area (Å²) >= 11 is 1.71. The van der Waals surface area contributed by atoms with Crippen molar-refractivity contribution in [2.75, 3.05) is 13.6 Å². The van der Waals surface area contributed by atoms with Crippen molar-refractivity contribution in [3.8, 4) is 0 Å². The van der Waals surface area contributed by atoms with Crippen LogP contribution in [0.3, 0.4) is 0 Å². The molecule has 0 spiro atoms. The van der Waals surface area contributed by atoms with Crippen molar-refractivity contribution in [3.63, 3.8) is 0 Å². The standard InChI is InChI=1S/C11H16N4S/c1-14(10-11-12-5-9-16-11)6-3-8-15-7-2-4-13-15/h2,4-5,7,9H,3,6,8,10H2,1H3. The fraction of sp³-hybridized carbons (Fsp3) is 0.455. The molecular formula is C11H16N4S. The molecule has 4 nitrogen and oxygen atoms in total. The maximum absolute atomic E-state index is 4.27. The first-order valence-corrected chi connectivity index (χ1v) is 6.27. The van der Waals surface area contributed by atoms with Crippen molar-refractivity contribution in [1.82, 2.24) is 19.7 Å². The van der Waals surface area contributed by atoms with E-state index in [1.54, 1.807) is 11.3 Å². The van der Waals surface area contributed by atoms with E-state index in [0.717, 1.165) is 26.1 Å². The molecule has 0 aliphatic heterocycles. The highest BCUT2D eigenvalue weighted by Gasteiger charge is 2.02. The minimum Gasteiger partial charge on any atom is -0.300 e. The minimum atomic E-state index is 0.941. The highest BCUT2D eigenvalue weighted by Crippen LogP contribution is 2.07. The van der Waals surface area contributed by atoms with Crippen molar-refractivity contribution >= 4 is 11.3 Å². The SMILES string of the molecule is CN(CCCn1cccn1)Cc1nccs1. The molecule has 2 rings (SSSR count). The molecular weight excluding hydrogens is 220 g/mol. The number of aromatic nitrogens is 3. The molecule has 2 aromatic heterocycles. The third kappa shape index (κ3) is 3.43. The second-order valence-electron chi connectivity index (χ2n) is 3.79. The Balaban J connectivity index is 1.66. The van der Waals surface area contributed by atoms with E-state index < -0.39 is 0 Å². The summed E-state index contributed by atoms with van der Waals surface area (Å²) < 4.78 is 1.97. The fourth-order valence-electron chi connectivity index (χ4n) is 1.58. The maximum Gasteiger partial charge on any atom is 0.107 e. The summed E-state index contributed by atoms with van der Waals surface area (Å²) in [4.78, 5) is 6.57. The lowest BCUT2D eigenvalue weighted by Crippen LogP contribution is -2.20. The van der Waals surface area contributed by atoms with Crippen LogP contribution in [0.15, 0.2) is 30.0 Å². The summed E-state index contributed by atoms with van der Waals surface area (Å²) in [6.07, 6.45) is 6.79. The Labute approximate surface area is 99.5 Å². The molecule has 0 radical (unpaired) electrons. The molecule has 0 saturated heterocycles. The smallest absolute Gasteiger partial charge is 0.107 e. The summed E-state index contributed by atoms with van der Waals surface area (Å²) in [5, 5.41) is 7.38. The summed E-state index contributed by atoms with van der Waals surface area (Å²) in [5.41, 5.74) is 0.